The number of aryl methyl sites for hydroxylation is 2. The third-order valence-corrected chi connectivity index (χ3v) is 1.97. The molecule has 0 radical (unpaired) electrons. The van der Waals surface area contributed by atoms with Gasteiger partial charge in [-0.1, -0.05) is 11.2 Å². The molecule has 0 atom stereocenters. The Kier molecular flexibility index (Phi) is 2.29. The largest absolute Gasteiger partial charge is 0.331 e. The SMILES string of the molecule is Cc1cnc(-c2noc(C=O)n2)c(C)c1. The monoisotopic (exact) mass is 203 g/mol. The minimum Gasteiger partial charge on any atom is -0.331 e. The standard InChI is InChI=1S/C10H9N3O2/c1-6-3-7(2)9(11-4-6)10-12-8(5-14)15-13-10/h3-5H,1-2H3. The van der Waals surface area contributed by atoms with Crippen molar-refractivity contribution in [3.63, 3.8) is 0 Å². The van der Waals surface area contributed by atoms with Crippen LogP contribution in [0.25, 0.3) is 11.5 Å². The molecule has 2 aromatic rings. The van der Waals surface area contributed by atoms with Crippen LogP contribution < -0.4 is 0 Å². The molecule has 0 fully saturated rings. The molecule has 2 aromatic heterocycles. The van der Waals surface area contributed by atoms with E-state index in [0.717, 1.165) is 11.1 Å². The Balaban J connectivity index is 2.49. The Morgan fingerprint density at radius 3 is 2.80 bits per heavy atom. The Bertz CT molecular complexity index is 505. The predicted molar refractivity (Wildman–Crippen MR) is 52.4 cm³/mol. The van der Waals surface area contributed by atoms with Crippen LogP contribution in [-0.4, -0.2) is 21.4 Å². The van der Waals surface area contributed by atoms with Gasteiger partial charge in [-0.15, -0.1) is 0 Å². The Labute approximate surface area is 86.1 Å². The fourth-order valence-corrected chi connectivity index (χ4v) is 1.33. The quantitative estimate of drug-likeness (QED) is 0.693. The minimum absolute atomic E-state index is 0.0354. The number of hydrogen-bond acceptors (Lipinski definition) is 5. The predicted octanol–water partition coefficient (Wildman–Crippen LogP) is 1.56. The molecule has 5 nitrogen and oxygen atoms in total. The number of carbonyl (C=O) groups is 1. The van der Waals surface area contributed by atoms with Crippen LogP contribution in [0.1, 0.15) is 21.8 Å². The van der Waals surface area contributed by atoms with Crippen molar-refractivity contribution in [2.24, 2.45) is 0 Å². The van der Waals surface area contributed by atoms with Gasteiger partial charge in [-0.05, 0) is 25.0 Å². The van der Waals surface area contributed by atoms with Crippen molar-refractivity contribution >= 4 is 6.29 Å². The van der Waals surface area contributed by atoms with E-state index in [1.165, 1.54) is 0 Å². The lowest BCUT2D eigenvalue weighted by molar-refractivity contribution is 0.108. The molecule has 0 spiro atoms. The van der Waals surface area contributed by atoms with Crippen molar-refractivity contribution in [2.45, 2.75) is 13.8 Å². The molecular weight excluding hydrogens is 194 g/mol. The summed E-state index contributed by atoms with van der Waals surface area (Å²) in [5.41, 5.74) is 2.65. The van der Waals surface area contributed by atoms with Crippen LogP contribution in [0.15, 0.2) is 16.8 Å². The van der Waals surface area contributed by atoms with Crippen molar-refractivity contribution in [3.8, 4) is 11.5 Å². The Morgan fingerprint density at radius 2 is 2.20 bits per heavy atom. The summed E-state index contributed by atoms with van der Waals surface area (Å²) in [5, 5.41) is 3.67. The number of carbonyl (C=O) groups excluding carboxylic acids is 1. The summed E-state index contributed by atoms with van der Waals surface area (Å²) in [6, 6.07) is 1.97. The fraction of sp³-hybridized carbons (Fsp3) is 0.200. The van der Waals surface area contributed by atoms with Crippen molar-refractivity contribution in [3.05, 3.63) is 29.3 Å². The summed E-state index contributed by atoms with van der Waals surface area (Å²) < 4.78 is 4.68. The number of nitrogens with zero attached hydrogens (tertiary/aromatic N) is 3. The second-order valence-corrected chi connectivity index (χ2v) is 3.25. The number of hydrogen-bond donors (Lipinski definition) is 0. The molecule has 0 unspecified atom stereocenters. The molecular formula is C10H9N3O2. The van der Waals surface area contributed by atoms with Crippen LogP contribution in [0, 0.1) is 13.8 Å². The molecule has 0 saturated heterocycles. The van der Waals surface area contributed by atoms with Gasteiger partial charge in [0.05, 0.1) is 0 Å². The maximum atomic E-state index is 10.4. The summed E-state index contributed by atoms with van der Waals surface area (Å²) in [6.07, 6.45) is 2.24. The number of aldehydes is 1. The van der Waals surface area contributed by atoms with Gasteiger partial charge in [0.2, 0.25) is 12.1 Å². The van der Waals surface area contributed by atoms with E-state index < -0.39 is 0 Å². The molecule has 76 valence electrons. The summed E-state index contributed by atoms with van der Waals surface area (Å²) in [7, 11) is 0. The molecule has 2 rings (SSSR count). The van der Waals surface area contributed by atoms with Gasteiger partial charge in [0.1, 0.15) is 5.69 Å². The van der Waals surface area contributed by atoms with E-state index in [-0.39, 0.29) is 5.89 Å². The average molecular weight is 203 g/mol. The summed E-state index contributed by atoms with van der Waals surface area (Å²) >= 11 is 0. The second kappa shape index (κ2) is 3.61. The van der Waals surface area contributed by atoms with Crippen molar-refractivity contribution in [2.75, 3.05) is 0 Å². The first-order valence-electron chi connectivity index (χ1n) is 4.43. The Morgan fingerprint density at radius 1 is 1.40 bits per heavy atom. The smallest absolute Gasteiger partial charge is 0.291 e. The van der Waals surface area contributed by atoms with E-state index >= 15 is 0 Å². The van der Waals surface area contributed by atoms with Crippen molar-refractivity contribution in [1.29, 1.82) is 0 Å². The molecule has 0 amide bonds. The van der Waals surface area contributed by atoms with E-state index in [2.05, 4.69) is 19.6 Å². The lowest BCUT2D eigenvalue weighted by atomic mass is 10.1. The molecule has 15 heavy (non-hydrogen) atoms. The molecule has 0 bridgehead atoms. The normalized spacial score (nSPS) is 10.3. The van der Waals surface area contributed by atoms with E-state index in [9.17, 15) is 4.79 Å². The first-order chi connectivity index (χ1) is 7.20. The zero-order chi connectivity index (χ0) is 10.8. The summed E-state index contributed by atoms with van der Waals surface area (Å²) in [5.74, 6) is 0.307. The average Bonchev–Trinajstić information content (AvgIpc) is 2.66. The van der Waals surface area contributed by atoms with Crippen LogP contribution in [-0.2, 0) is 0 Å². The van der Waals surface area contributed by atoms with Crippen molar-refractivity contribution in [1.82, 2.24) is 15.1 Å². The molecule has 0 saturated carbocycles. The molecule has 2 heterocycles. The van der Waals surface area contributed by atoms with Crippen molar-refractivity contribution < 1.29 is 9.32 Å². The zero-order valence-corrected chi connectivity index (χ0v) is 8.39. The van der Waals surface area contributed by atoms with Gasteiger partial charge >= 0.3 is 0 Å². The summed E-state index contributed by atoms with van der Waals surface area (Å²) in [6.45, 7) is 3.86. The van der Waals surface area contributed by atoms with Crippen LogP contribution >= 0.6 is 0 Å². The third kappa shape index (κ3) is 1.76. The van der Waals surface area contributed by atoms with Gasteiger partial charge in [-0.2, -0.15) is 4.98 Å². The highest BCUT2D eigenvalue weighted by atomic mass is 16.5. The fourth-order valence-electron chi connectivity index (χ4n) is 1.33. The lowest BCUT2D eigenvalue weighted by Gasteiger charge is -1.99. The highest BCUT2D eigenvalue weighted by Crippen LogP contribution is 2.17. The molecule has 0 aliphatic heterocycles. The molecule has 0 aliphatic carbocycles. The van der Waals surface area contributed by atoms with Gasteiger partial charge in [-0.25, -0.2) is 0 Å². The lowest BCUT2D eigenvalue weighted by Crippen LogP contribution is -1.91. The first kappa shape index (κ1) is 9.51. The topological polar surface area (TPSA) is 68.9 Å². The maximum absolute atomic E-state index is 10.4. The van der Waals surface area contributed by atoms with E-state index in [1.807, 2.05) is 19.9 Å². The molecule has 0 N–H and O–H groups in total. The number of rotatable bonds is 2. The second-order valence-electron chi connectivity index (χ2n) is 3.25. The molecule has 0 aliphatic rings. The van der Waals surface area contributed by atoms with Gasteiger partial charge in [0.15, 0.2) is 0 Å². The van der Waals surface area contributed by atoms with E-state index in [1.54, 1.807) is 6.20 Å². The van der Waals surface area contributed by atoms with Crippen LogP contribution in [0.2, 0.25) is 0 Å². The zero-order valence-electron chi connectivity index (χ0n) is 8.39. The van der Waals surface area contributed by atoms with Crippen LogP contribution in [0.4, 0.5) is 0 Å². The summed E-state index contributed by atoms with van der Waals surface area (Å²) in [4.78, 5) is 18.4. The van der Waals surface area contributed by atoms with Gasteiger partial charge < -0.3 is 4.52 Å². The van der Waals surface area contributed by atoms with Gasteiger partial charge in [0, 0.05) is 6.20 Å². The highest BCUT2D eigenvalue weighted by molar-refractivity contribution is 5.68. The van der Waals surface area contributed by atoms with Gasteiger partial charge in [0.25, 0.3) is 5.89 Å². The van der Waals surface area contributed by atoms with Crippen LogP contribution in [0.5, 0.6) is 0 Å². The molecule has 5 heteroatoms. The Hall–Kier alpha value is -2.04. The number of pyridine rings is 1. The number of aromatic nitrogens is 3. The van der Waals surface area contributed by atoms with Crippen LogP contribution in [0.3, 0.4) is 0 Å². The minimum atomic E-state index is -0.0354. The maximum Gasteiger partial charge on any atom is 0.291 e. The first-order valence-corrected chi connectivity index (χ1v) is 4.43. The van der Waals surface area contributed by atoms with E-state index in [0.29, 0.717) is 17.8 Å². The molecule has 0 aromatic carbocycles. The third-order valence-electron chi connectivity index (χ3n) is 1.97. The van der Waals surface area contributed by atoms with Gasteiger partial charge in [-0.3, -0.25) is 9.78 Å². The highest BCUT2D eigenvalue weighted by Gasteiger charge is 2.11. The van der Waals surface area contributed by atoms with E-state index in [4.69, 9.17) is 0 Å².